The lowest BCUT2D eigenvalue weighted by Gasteiger charge is -2.30. The van der Waals surface area contributed by atoms with E-state index in [1.807, 2.05) is 0 Å². The maximum absolute atomic E-state index is 13.4. The summed E-state index contributed by atoms with van der Waals surface area (Å²) in [5.41, 5.74) is 4.96. The molecule has 0 radical (unpaired) electrons. The van der Waals surface area contributed by atoms with Gasteiger partial charge in [-0.2, -0.15) is 0 Å². The highest BCUT2D eigenvalue weighted by molar-refractivity contribution is 5.91. The van der Waals surface area contributed by atoms with E-state index >= 15 is 0 Å². The Hall–Kier alpha value is -2.71. The summed E-state index contributed by atoms with van der Waals surface area (Å²) in [5, 5.41) is 4.86. The minimum absolute atomic E-state index is 0.0503. The Kier molecular flexibility index (Phi) is 6.26. The number of likely N-dealkylation sites (tertiary alicyclic amines) is 1. The molecule has 4 N–H and O–H groups in total. The number of urea groups is 1. The van der Waals surface area contributed by atoms with E-state index in [0.717, 1.165) is 18.2 Å². The average Bonchev–Trinajstić information content (AvgIpc) is 2.58. The summed E-state index contributed by atoms with van der Waals surface area (Å²) < 4.78 is 26.5. The molecule has 2 rings (SSSR count). The van der Waals surface area contributed by atoms with Crippen LogP contribution in [0.3, 0.4) is 0 Å². The summed E-state index contributed by atoms with van der Waals surface area (Å²) in [6.45, 7) is 0.831. The van der Waals surface area contributed by atoms with Gasteiger partial charge in [-0.15, -0.1) is 0 Å². The number of carbonyl (C=O) groups excluding carboxylic acids is 3. The third kappa shape index (κ3) is 5.40. The Morgan fingerprint density at radius 1 is 1.28 bits per heavy atom. The summed E-state index contributed by atoms with van der Waals surface area (Å²) in [7, 11) is 0. The second-order valence-electron chi connectivity index (χ2n) is 5.84. The monoisotopic (exact) mass is 354 g/mol. The molecule has 25 heavy (non-hydrogen) atoms. The molecular formula is C16H20F2N4O3. The summed E-state index contributed by atoms with van der Waals surface area (Å²) in [6, 6.07) is 2.19. The van der Waals surface area contributed by atoms with Crippen LogP contribution in [0.15, 0.2) is 18.2 Å². The van der Waals surface area contributed by atoms with Crippen molar-refractivity contribution < 1.29 is 23.2 Å². The number of nitrogens with zero attached hydrogens (tertiary/aromatic N) is 1. The molecule has 7 nitrogen and oxygen atoms in total. The first-order valence-corrected chi connectivity index (χ1v) is 7.94. The largest absolute Gasteiger partial charge is 0.355 e. The molecule has 1 aliphatic heterocycles. The molecule has 1 aromatic carbocycles. The fraction of sp³-hybridized carbons (Fsp3) is 0.438. The van der Waals surface area contributed by atoms with E-state index < -0.39 is 23.6 Å². The number of amides is 4. The van der Waals surface area contributed by atoms with Gasteiger partial charge in [-0.1, -0.05) is 0 Å². The highest BCUT2D eigenvalue weighted by Gasteiger charge is 2.27. The predicted octanol–water partition coefficient (Wildman–Crippen LogP) is 1.20. The van der Waals surface area contributed by atoms with E-state index in [1.54, 1.807) is 0 Å². The lowest BCUT2D eigenvalue weighted by Crippen LogP contribution is -2.47. The zero-order valence-electron chi connectivity index (χ0n) is 13.6. The van der Waals surface area contributed by atoms with Crippen molar-refractivity contribution >= 4 is 23.5 Å². The molecule has 4 amide bonds. The number of anilines is 1. The van der Waals surface area contributed by atoms with Gasteiger partial charge in [-0.3, -0.25) is 9.59 Å². The van der Waals surface area contributed by atoms with Gasteiger partial charge in [0.1, 0.15) is 11.6 Å². The third-order valence-corrected chi connectivity index (χ3v) is 3.96. The van der Waals surface area contributed by atoms with Crippen LogP contribution in [0.2, 0.25) is 0 Å². The van der Waals surface area contributed by atoms with Crippen LogP contribution >= 0.6 is 0 Å². The molecule has 0 saturated carbocycles. The molecule has 9 heteroatoms. The minimum Gasteiger partial charge on any atom is -0.355 e. The first-order valence-electron chi connectivity index (χ1n) is 7.94. The number of benzene rings is 1. The molecule has 1 aromatic rings. The first kappa shape index (κ1) is 18.6. The summed E-state index contributed by atoms with van der Waals surface area (Å²) in [5.74, 6) is -2.60. The highest BCUT2D eigenvalue weighted by Crippen LogP contribution is 2.17. The molecule has 0 aromatic heterocycles. The Labute approximate surface area is 143 Å². The van der Waals surface area contributed by atoms with Gasteiger partial charge in [0.15, 0.2) is 0 Å². The number of primary amides is 1. The smallest absolute Gasteiger partial charge is 0.314 e. The standard InChI is InChI=1S/C16H20F2N4O3/c17-11-3-4-12(18)13(8-11)21-14(23)5-6-20-15(24)10-2-1-7-22(9-10)16(19)25/h3-4,8,10H,1-2,5-7,9H2,(H2,19,25)(H,20,24)(H,21,23). The topological polar surface area (TPSA) is 105 Å². The molecule has 1 fully saturated rings. The molecule has 1 saturated heterocycles. The Bertz CT molecular complexity index is 669. The van der Waals surface area contributed by atoms with E-state index in [9.17, 15) is 23.2 Å². The van der Waals surface area contributed by atoms with E-state index in [-0.39, 0.29) is 37.0 Å². The number of piperidine rings is 1. The number of hydrogen-bond acceptors (Lipinski definition) is 3. The van der Waals surface area contributed by atoms with Crippen LogP contribution in [0.1, 0.15) is 19.3 Å². The van der Waals surface area contributed by atoms with Crippen molar-refractivity contribution in [3.8, 4) is 0 Å². The SMILES string of the molecule is NC(=O)N1CCCC(C(=O)NCCC(=O)Nc2cc(F)ccc2F)C1. The van der Waals surface area contributed by atoms with Gasteiger partial charge in [-0.25, -0.2) is 13.6 Å². The fourth-order valence-electron chi connectivity index (χ4n) is 2.64. The van der Waals surface area contributed by atoms with Crippen LogP contribution in [-0.2, 0) is 9.59 Å². The van der Waals surface area contributed by atoms with Gasteiger partial charge in [0.05, 0.1) is 11.6 Å². The van der Waals surface area contributed by atoms with E-state index in [2.05, 4.69) is 10.6 Å². The summed E-state index contributed by atoms with van der Waals surface area (Å²) in [4.78, 5) is 36.4. The van der Waals surface area contributed by atoms with Crippen molar-refractivity contribution in [1.29, 1.82) is 0 Å². The Morgan fingerprint density at radius 2 is 2.04 bits per heavy atom. The van der Waals surface area contributed by atoms with Gasteiger partial charge >= 0.3 is 6.03 Å². The number of halogens is 2. The van der Waals surface area contributed by atoms with Crippen LogP contribution in [0.4, 0.5) is 19.3 Å². The molecule has 1 heterocycles. The second kappa shape index (κ2) is 8.41. The zero-order valence-corrected chi connectivity index (χ0v) is 13.6. The van der Waals surface area contributed by atoms with E-state index in [0.29, 0.717) is 19.4 Å². The van der Waals surface area contributed by atoms with E-state index in [1.165, 1.54) is 4.90 Å². The highest BCUT2D eigenvalue weighted by atomic mass is 19.1. The molecular weight excluding hydrogens is 334 g/mol. The van der Waals surface area contributed by atoms with Crippen molar-refractivity contribution in [2.24, 2.45) is 11.7 Å². The lowest BCUT2D eigenvalue weighted by molar-refractivity contribution is -0.126. The molecule has 1 atom stereocenters. The number of rotatable bonds is 5. The predicted molar refractivity (Wildman–Crippen MR) is 86.5 cm³/mol. The van der Waals surface area contributed by atoms with Gasteiger partial charge in [-0.05, 0) is 25.0 Å². The molecule has 136 valence electrons. The van der Waals surface area contributed by atoms with Crippen molar-refractivity contribution in [1.82, 2.24) is 10.2 Å². The van der Waals surface area contributed by atoms with Crippen molar-refractivity contribution in [2.45, 2.75) is 19.3 Å². The molecule has 0 bridgehead atoms. The van der Waals surface area contributed by atoms with Crippen molar-refractivity contribution in [2.75, 3.05) is 25.0 Å². The van der Waals surface area contributed by atoms with Gasteiger partial charge in [0.25, 0.3) is 0 Å². The zero-order chi connectivity index (χ0) is 18.4. The quantitative estimate of drug-likeness (QED) is 0.740. The number of carbonyl (C=O) groups is 3. The number of nitrogens with one attached hydrogen (secondary N) is 2. The van der Waals surface area contributed by atoms with Crippen LogP contribution < -0.4 is 16.4 Å². The maximum atomic E-state index is 13.4. The van der Waals surface area contributed by atoms with Gasteiger partial charge in [0, 0.05) is 32.1 Å². The van der Waals surface area contributed by atoms with Crippen molar-refractivity contribution in [3.63, 3.8) is 0 Å². The number of hydrogen-bond donors (Lipinski definition) is 3. The molecule has 1 aliphatic rings. The van der Waals surface area contributed by atoms with Crippen LogP contribution in [0.25, 0.3) is 0 Å². The fourth-order valence-corrected chi connectivity index (χ4v) is 2.64. The van der Waals surface area contributed by atoms with Gasteiger partial charge in [0.2, 0.25) is 11.8 Å². The Balaban J connectivity index is 1.76. The number of nitrogens with two attached hydrogens (primary N) is 1. The molecule has 0 aliphatic carbocycles. The maximum Gasteiger partial charge on any atom is 0.314 e. The van der Waals surface area contributed by atoms with Crippen LogP contribution in [0, 0.1) is 17.6 Å². The van der Waals surface area contributed by atoms with Crippen molar-refractivity contribution in [3.05, 3.63) is 29.8 Å². The average molecular weight is 354 g/mol. The third-order valence-electron chi connectivity index (χ3n) is 3.96. The van der Waals surface area contributed by atoms with E-state index in [4.69, 9.17) is 5.73 Å². The summed E-state index contributed by atoms with van der Waals surface area (Å²) in [6.07, 6.45) is 1.23. The molecule has 0 spiro atoms. The minimum atomic E-state index is -0.743. The Morgan fingerprint density at radius 3 is 2.76 bits per heavy atom. The normalized spacial score (nSPS) is 17.0. The second-order valence-corrected chi connectivity index (χ2v) is 5.84. The lowest BCUT2D eigenvalue weighted by atomic mass is 9.97. The first-order chi connectivity index (χ1) is 11.9. The molecule has 1 unspecified atom stereocenters. The van der Waals surface area contributed by atoms with Gasteiger partial charge < -0.3 is 21.3 Å². The summed E-state index contributed by atoms with van der Waals surface area (Å²) >= 11 is 0. The van der Waals surface area contributed by atoms with Crippen LogP contribution in [0.5, 0.6) is 0 Å². The van der Waals surface area contributed by atoms with Crippen LogP contribution in [-0.4, -0.2) is 42.4 Å².